The Labute approximate surface area is 356 Å². The molecule has 12 nitrogen and oxygen atoms in total. The second kappa shape index (κ2) is 23.3. The van der Waals surface area contributed by atoms with Crippen molar-refractivity contribution in [2.45, 2.75) is 194 Å². The van der Waals surface area contributed by atoms with Gasteiger partial charge in [-0.3, -0.25) is 0 Å². The fourth-order valence-corrected chi connectivity index (χ4v) is 8.10. The minimum atomic E-state index is -2.08. The third kappa shape index (κ3) is 16.9. The maximum atomic E-state index is 8.44. The van der Waals surface area contributed by atoms with Gasteiger partial charge >= 0.3 is 0 Å². The molecule has 0 fully saturated rings. The predicted molar refractivity (Wildman–Crippen MR) is 231 cm³/mol. The van der Waals surface area contributed by atoms with Crippen molar-refractivity contribution in [3.63, 3.8) is 0 Å². The molecular formula is C46H70O12S. The van der Waals surface area contributed by atoms with Crippen LogP contribution in [0.1, 0.15) is 125 Å². The lowest BCUT2D eigenvalue weighted by molar-refractivity contribution is -0.275. The lowest BCUT2D eigenvalue weighted by atomic mass is 10.2. The summed E-state index contributed by atoms with van der Waals surface area (Å²) in [6.07, 6.45) is -3.48. The second-order valence-corrected chi connectivity index (χ2v) is 18.2. The van der Waals surface area contributed by atoms with Gasteiger partial charge in [0.25, 0.3) is 14.7 Å². The van der Waals surface area contributed by atoms with E-state index >= 15 is 0 Å². The Morgan fingerprint density at radius 3 is 0.627 bits per heavy atom. The van der Waals surface area contributed by atoms with Crippen molar-refractivity contribution in [2.24, 2.45) is 0 Å². The van der Waals surface area contributed by atoms with Gasteiger partial charge in [-0.05, 0) is 125 Å². The first kappa shape index (κ1) is 50.6. The fraction of sp³-hybridized carbons (Fsp3) is 0.587. The molecule has 59 heavy (non-hydrogen) atoms. The predicted octanol–water partition coefficient (Wildman–Crippen LogP) is 10.8. The van der Waals surface area contributed by atoms with E-state index in [9.17, 15) is 0 Å². The van der Waals surface area contributed by atoms with Crippen LogP contribution in [0.5, 0.6) is 51.7 Å². The molecule has 332 valence electrons. The first-order chi connectivity index (χ1) is 27.4. The van der Waals surface area contributed by atoms with E-state index in [1.54, 1.807) is 0 Å². The van der Waals surface area contributed by atoms with E-state index < -0.39 is 17.1 Å². The molecule has 3 aromatic rings. The van der Waals surface area contributed by atoms with E-state index in [1.807, 2.05) is 161 Å². The van der Waals surface area contributed by atoms with E-state index in [-0.39, 0.29) is 54.9 Å². The molecule has 0 spiro atoms. The van der Waals surface area contributed by atoms with Crippen LogP contribution >= 0.6 is 0 Å². The molecule has 0 unspecified atom stereocenters. The van der Waals surface area contributed by atoms with E-state index in [2.05, 4.69) is 0 Å². The number of rotatable bonds is 21. The summed E-state index contributed by atoms with van der Waals surface area (Å²) in [7, 11) is -1.16. The van der Waals surface area contributed by atoms with Gasteiger partial charge in [-0.1, -0.05) is 0 Å². The molecule has 13 heteroatoms. The normalized spacial score (nSPS) is 11.6. The van der Waals surface area contributed by atoms with Gasteiger partial charge in [0.1, 0.15) is 28.1 Å². The summed E-state index contributed by atoms with van der Waals surface area (Å²) in [5.41, 5.74) is 0. The molecule has 0 atom stereocenters. The van der Waals surface area contributed by atoms with Crippen molar-refractivity contribution in [3.05, 3.63) is 36.4 Å². The number of hydrogen-bond donors (Lipinski definition) is 1. The summed E-state index contributed by atoms with van der Waals surface area (Å²) in [6.45, 7) is 36.2. The van der Waals surface area contributed by atoms with Crippen molar-refractivity contribution >= 4 is 17.1 Å². The van der Waals surface area contributed by atoms with Gasteiger partial charge in [-0.15, -0.1) is 0 Å². The molecule has 0 heterocycles. The molecule has 0 aliphatic carbocycles. The van der Waals surface area contributed by atoms with Gasteiger partial charge in [-0.25, -0.2) is 0 Å². The van der Waals surface area contributed by atoms with Crippen LogP contribution in [-0.2, 0) is 10.9 Å². The van der Waals surface area contributed by atoms with Crippen LogP contribution in [0.4, 0.5) is 4.79 Å². The van der Waals surface area contributed by atoms with E-state index in [4.69, 9.17) is 57.6 Å². The Balaban J connectivity index is 0.00000286. The summed E-state index contributed by atoms with van der Waals surface area (Å²) in [4.78, 5) is 10.7. The molecule has 3 aromatic carbocycles. The van der Waals surface area contributed by atoms with Crippen LogP contribution in [0, 0.1) is 0 Å². The molecule has 0 aliphatic rings. The lowest BCUT2D eigenvalue weighted by Crippen LogP contribution is -2.21. The Morgan fingerprint density at radius 2 is 0.508 bits per heavy atom. The molecule has 0 radical (unpaired) electrons. The van der Waals surface area contributed by atoms with Gasteiger partial charge in [0.2, 0.25) is 6.16 Å². The van der Waals surface area contributed by atoms with Gasteiger partial charge in [0.15, 0.2) is 34.5 Å². The highest BCUT2D eigenvalue weighted by molar-refractivity contribution is 7.97. The van der Waals surface area contributed by atoms with Gasteiger partial charge in [-0.2, -0.15) is 0 Å². The Bertz CT molecular complexity index is 1470. The maximum absolute atomic E-state index is 8.44. The summed E-state index contributed by atoms with van der Waals surface area (Å²) in [6, 6.07) is 11.7. The molecule has 0 bridgehead atoms. The summed E-state index contributed by atoms with van der Waals surface area (Å²) in [5, 5.41) is 15.3. The molecule has 0 amide bonds. The highest BCUT2D eigenvalue weighted by Crippen LogP contribution is 2.56. The zero-order valence-electron chi connectivity index (χ0n) is 38.5. The van der Waals surface area contributed by atoms with Gasteiger partial charge in [0.05, 0.1) is 54.9 Å². The zero-order chi connectivity index (χ0) is 44.9. The first-order valence-corrected chi connectivity index (χ1v) is 21.8. The molecule has 3 rings (SSSR count). The lowest BCUT2D eigenvalue weighted by Gasteiger charge is -2.26. The summed E-state index contributed by atoms with van der Waals surface area (Å²) in [5.74, 6) is 5.44. The third-order valence-corrected chi connectivity index (χ3v) is 9.32. The number of benzene rings is 3. The summed E-state index contributed by atoms with van der Waals surface area (Å²) < 4.78 is 59.7. The molecule has 0 aromatic heterocycles. The number of ether oxygens (including phenoxy) is 9. The van der Waals surface area contributed by atoms with E-state index in [0.717, 1.165) is 14.7 Å². The molecule has 0 aliphatic heterocycles. The van der Waals surface area contributed by atoms with E-state index in [1.165, 1.54) is 0 Å². The molecule has 0 saturated heterocycles. The van der Waals surface area contributed by atoms with Crippen molar-refractivity contribution in [1.82, 2.24) is 0 Å². The van der Waals surface area contributed by atoms with Crippen molar-refractivity contribution < 1.29 is 57.6 Å². The minimum absolute atomic E-state index is 0.0842. The third-order valence-electron chi connectivity index (χ3n) is 6.89. The topological polar surface area (TPSA) is 143 Å². The van der Waals surface area contributed by atoms with Crippen molar-refractivity contribution in [3.8, 4) is 51.7 Å². The van der Waals surface area contributed by atoms with Crippen LogP contribution in [0.15, 0.2) is 51.1 Å². The highest BCUT2D eigenvalue weighted by Gasteiger charge is 2.48. The Kier molecular flexibility index (Phi) is 20.0. The average molecular weight is 847 g/mol. The molecular weight excluding hydrogens is 777 g/mol. The summed E-state index contributed by atoms with van der Waals surface area (Å²) >= 11 is 0. The van der Waals surface area contributed by atoms with Crippen LogP contribution in [0.25, 0.3) is 0 Å². The first-order valence-electron chi connectivity index (χ1n) is 20.6. The average Bonchev–Trinajstić information content (AvgIpc) is 3.01. The van der Waals surface area contributed by atoms with Crippen LogP contribution in [-0.4, -0.2) is 66.2 Å². The standard InChI is InChI=1S/C45H69O9S.CH2O3/c1-25(2)46-34-19-37(49-28(7)8)43(38(20-34)50-29(9)10)55(44-39(51-30(11)12)21-35(47-26(3)4)22-40(44)52-31(13)14)45-41(53-32(15)16)23-36(48-27(5)6)24-42(45)54-33(17)18;2-1(3)4/h19-33H,1-18H3;(H2,2,3,4)/q+1;/p-1. The SMILES string of the molecule is CC(C)Oc1cc(OC(C)C)c([S+](c2c(OC(C)C)cc(OC(C)C)cc2OC(C)C)c2c(OC(C)C)cc(OC(C)C)cc2OC(C)C)c(OC(C)C)c1.O=C([O-])O. The Hall–Kier alpha value is -4.52. The van der Waals surface area contributed by atoms with Crippen LogP contribution in [0.2, 0.25) is 0 Å². The maximum Gasteiger partial charge on any atom is 0.250 e. The fourth-order valence-electron chi connectivity index (χ4n) is 5.64. The monoisotopic (exact) mass is 846 g/mol. The minimum Gasteiger partial charge on any atom is -0.565 e. The smallest absolute Gasteiger partial charge is 0.250 e. The van der Waals surface area contributed by atoms with Gasteiger partial charge < -0.3 is 57.6 Å². The second-order valence-electron chi connectivity index (χ2n) is 16.3. The van der Waals surface area contributed by atoms with Gasteiger partial charge in [0, 0.05) is 36.4 Å². The molecule has 1 N–H and O–H groups in total. The largest absolute Gasteiger partial charge is 0.565 e. The number of carbonyl (C=O) groups is 1. The quantitative estimate of drug-likeness (QED) is 0.102. The molecule has 0 saturated carbocycles. The zero-order valence-corrected chi connectivity index (χ0v) is 39.3. The Morgan fingerprint density at radius 1 is 0.373 bits per heavy atom. The van der Waals surface area contributed by atoms with Crippen LogP contribution < -0.4 is 47.7 Å². The van der Waals surface area contributed by atoms with Crippen molar-refractivity contribution in [1.29, 1.82) is 0 Å². The van der Waals surface area contributed by atoms with Crippen molar-refractivity contribution in [2.75, 3.05) is 0 Å². The number of carboxylic acid groups (broad SMARTS) is 2. The van der Waals surface area contributed by atoms with E-state index in [0.29, 0.717) is 51.7 Å². The van der Waals surface area contributed by atoms with Crippen LogP contribution in [0.3, 0.4) is 0 Å². The highest BCUT2D eigenvalue weighted by atomic mass is 32.2. The number of hydrogen-bond acceptors (Lipinski definition) is 11.